The first-order valence-corrected chi connectivity index (χ1v) is 7.18. The van der Waals surface area contributed by atoms with Crippen LogP contribution in [-0.4, -0.2) is 6.54 Å². The van der Waals surface area contributed by atoms with Crippen LogP contribution in [0.3, 0.4) is 0 Å². The van der Waals surface area contributed by atoms with Crippen LogP contribution < -0.4 is 5.32 Å². The molecule has 3 rings (SSSR count). The molecule has 0 unspecified atom stereocenters. The Morgan fingerprint density at radius 1 is 1.26 bits per heavy atom. The predicted molar refractivity (Wildman–Crippen MR) is 71.8 cm³/mol. The predicted octanol–water partition coefficient (Wildman–Crippen LogP) is 3.22. The van der Waals surface area contributed by atoms with E-state index in [4.69, 9.17) is 5.26 Å². The summed E-state index contributed by atoms with van der Waals surface area (Å²) in [6.45, 7) is 1.52. The number of nitrogens with zero attached hydrogens (tertiary/aromatic N) is 1. The maximum atomic E-state index is 13.9. The molecule has 100 valence electrons. The van der Waals surface area contributed by atoms with E-state index in [-0.39, 0.29) is 11.4 Å². The highest BCUT2D eigenvalue weighted by molar-refractivity contribution is 5.34. The number of hydrogen-bond donors (Lipinski definition) is 1. The molecule has 0 bridgehead atoms. The minimum Gasteiger partial charge on any atom is -0.312 e. The normalized spacial score (nSPS) is 18.6. The zero-order valence-electron chi connectivity index (χ0n) is 11.0. The van der Waals surface area contributed by atoms with Crippen molar-refractivity contribution >= 4 is 0 Å². The first kappa shape index (κ1) is 12.6. The Bertz CT molecular complexity index is 486. The molecule has 0 heterocycles. The van der Waals surface area contributed by atoms with E-state index < -0.39 is 0 Å². The molecule has 1 N–H and O–H groups in total. The van der Waals surface area contributed by atoms with Crippen LogP contribution in [0.5, 0.6) is 0 Å². The van der Waals surface area contributed by atoms with Crippen LogP contribution in [-0.2, 0) is 6.54 Å². The zero-order chi connectivity index (χ0) is 13.2. The molecule has 0 atom stereocenters. The van der Waals surface area contributed by atoms with E-state index in [0.717, 1.165) is 24.3 Å². The standard InChI is InChI=1S/C16H19FN2/c17-16-13(8-18)2-1-3-14(16)9-19-10-15(11-4-5-11)12-6-7-12/h1-3,11-12,15,19H,4-7,9-10H2. The molecule has 0 radical (unpaired) electrons. The second-order valence-electron chi connectivity index (χ2n) is 5.86. The fourth-order valence-electron chi connectivity index (χ4n) is 2.94. The van der Waals surface area contributed by atoms with Crippen molar-refractivity contribution in [2.75, 3.05) is 6.54 Å². The highest BCUT2D eigenvalue weighted by atomic mass is 19.1. The molecule has 2 nitrogen and oxygen atoms in total. The summed E-state index contributed by atoms with van der Waals surface area (Å²) >= 11 is 0. The molecule has 1 aromatic carbocycles. The Kier molecular flexibility index (Phi) is 3.52. The lowest BCUT2D eigenvalue weighted by Crippen LogP contribution is -2.25. The third kappa shape index (κ3) is 2.96. The van der Waals surface area contributed by atoms with Crippen molar-refractivity contribution in [2.24, 2.45) is 17.8 Å². The maximum absolute atomic E-state index is 13.9. The van der Waals surface area contributed by atoms with Crippen LogP contribution in [0, 0.1) is 34.9 Å². The summed E-state index contributed by atoms with van der Waals surface area (Å²) in [4.78, 5) is 0. The Morgan fingerprint density at radius 3 is 2.53 bits per heavy atom. The van der Waals surface area contributed by atoms with Crippen LogP contribution in [0.25, 0.3) is 0 Å². The molecule has 1 aromatic rings. The summed E-state index contributed by atoms with van der Waals surface area (Å²) in [6, 6.07) is 6.92. The lowest BCUT2D eigenvalue weighted by atomic mass is 9.98. The summed E-state index contributed by atoms with van der Waals surface area (Å²) < 4.78 is 13.9. The smallest absolute Gasteiger partial charge is 0.145 e. The maximum Gasteiger partial charge on any atom is 0.145 e. The summed E-state index contributed by atoms with van der Waals surface area (Å²) in [7, 11) is 0. The van der Waals surface area contributed by atoms with E-state index in [9.17, 15) is 4.39 Å². The highest BCUT2D eigenvalue weighted by Crippen LogP contribution is 2.48. The monoisotopic (exact) mass is 258 g/mol. The van der Waals surface area contributed by atoms with Gasteiger partial charge in [0.25, 0.3) is 0 Å². The quantitative estimate of drug-likeness (QED) is 0.850. The van der Waals surface area contributed by atoms with E-state index in [1.54, 1.807) is 12.1 Å². The Labute approximate surface area is 113 Å². The topological polar surface area (TPSA) is 35.8 Å². The van der Waals surface area contributed by atoms with Crippen molar-refractivity contribution in [3.8, 4) is 6.07 Å². The van der Waals surface area contributed by atoms with Crippen molar-refractivity contribution < 1.29 is 4.39 Å². The first-order valence-electron chi connectivity index (χ1n) is 7.18. The van der Waals surface area contributed by atoms with Gasteiger partial charge in [0.1, 0.15) is 11.9 Å². The van der Waals surface area contributed by atoms with Gasteiger partial charge in [-0.25, -0.2) is 4.39 Å². The van der Waals surface area contributed by atoms with Crippen LogP contribution in [0.4, 0.5) is 4.39 Å². The molecule has 3 heteroatoms. The largest absolute Gasteiger partial charge is 0.312 e. The molecule has 0 spiro atoms. The zero-order valence-corrected chi connectivity index (χ0v) is 11.0. The lowest BCUT2D eigenvalue weighted by molar-refractivity contribution is 0.377. The SMILES string of the molecule is N#Cc1cccc(CNCC(C2CC2)C2CC2)c1F. The van der Waals surface area contributed by atoms with Crippen LogP contribution in [0.2, 0.25) is 0 Å². The number of halogens is 1. The summed E-state index contributed by atoms with van der Waals surface area (Å²) in [5, 5.41) is 12.2. The van der Waals surface area contributed by atoms with Gasteiger partial charge in [-0.05, 0) is 56.0 Å². The van der Waals surface area contributed by atoms with Crippen molar-refractivity contribution in [3.63, 3.8) is 0 Å². The molecule has 0 aromatic heterocycles. The van der Waals surface area contributed by atoms with Gasteiger partial charge in [0.2, 0.25) is 0 Å². The van der Waals surface area contributed by atoms with Gasteiger partial charge in [0.15, 0.2) is 0 Å². The van der Waals surface area contributed by atoms with Crippen LogP contribution >= 0.6 is 0 Å². The minimum absolute atomic E-state index is 0.139. The van der Waals surface area contributed by atoms with Gasteiger partial charge in [-0.3, -0.25) is 0 Å². The fourth-order valence-corrected chi connectivity index (χ4v) is 2.94. The average molecular weight is 258 g/mol. The summed E-state index contributed by atoms with van der Waals surface area (Å²) in [6.07, 6.45) is 5.50. The number of benzene rings is 1. The lowest BCUT2D eigenvalue weighted by Gasteiger charge is -2.16. The van der Waals surface area contributed by atoms with E-state index in [2.05, 4.69) is 5.32 Å². The summed E-state index contributed by atoms with van der Waals surface area (Å²) in [5.74, 6) is 2.25. The van der Waals surface area contributed by atoms with Gasteiger partial charge < -0.3 is 5.32 Å². The van der Waals surface area contributed by atoms with Crippen LogP contribution in [0.15, 0.2) is 18.2 Å². The van der Waals surface area contributed by atoms with Gasteiger partial charge >= 0.3 is 0 Å². The molecular formula is C16H19FN2. The van der Waals surface area contributed by atoms with Gasteiger partial charge in [-0.15, -0.1) is 0 Å². The van der Waals surface area contributed by atoms with E-state index >= 15 is 0 Å². The summed E-state index contributed by atoms with van der Waals surface area (Å²) in [5.41, 5.74) is 0.740. The molecule has 2 saturated carbocycles. The van der Waals surface area contributed by atoms with Crippen molar-refractivity contribution in [1.29, 1.82) is 5.26 Å². The second kappa shape index (κ2) is 5.30. The van der Waals surface area contributed by atoms with Crippen molar-refractivity contribution in [3.05, 3.63) is 35.1 Å². The molecule has 2 aliphatic carbocycles. The Hall–Kier alpha value is -1.40. The van der Waals surface area contributed by atoms with Gasteiger partial charge in [-0.2, -0.15) is 5.26 Å². The van der Waals surface area contributed by atoms with Crippen molar-refractivity contribution in [1.82, 2.24) is 5.32 Å². The minimum atomic E-state index is -0.369. The Balaban J connectivity index is 1.55. The third-order valence-electron chi connectivity index (χ3n) is 4.35. The average Bonchev–Trinajstić information content (AvgIpc) is 3.28. The number of nitrogens with one attached hydrogen (secondary N) is 1. The molecule has 0 amide bonds. The van der Waals surface area contributed by atoms with Gasteiger partial charge in [0.05, 0.1) is 5.56 Å². The van der Waals surface area contributed by atoms with Gasteiger partial charge in [-0.1, -0.05) is 12.1 Å². The molecule has 2 fully saturated rings. The first-order chi connectivity index (χ1) is 9.29. The molecule has 2 aliphatic rings. The Morgan fingerprint density at radius 2 is 1.95 bits per heavy atom. The van der Waals surface area contributed by atoms with Crippen molar-refractivity contribution in [2.45, 2.75) is 32.2 Å². The molecule has 0 aliphatic heterocycles. The highest BCUT2D eigenvalue weighted by Gasteiger charge is 2.40. The third-order valence-corrected chi connectivity index (χ3v) is 4.35. The van der Waals surface area contributed by atoms with Gasteiger partial charge in [0, 0.05) is 12.1 Å². The number of hydrogen-bond acceptors (Lipinski definition) is 2. The van der Waals surface area contributed by atoms with Crippen LogP contribution in [0.1, 0.15) is 36.8 Å². The number of rotatable bonds is 6. The molecular weight excluding hydrogens is 239 g/mol. The fraction of sp³-hybridized carbons (Fsp3) is 0.562. The number of nitriles is 1. The molecule has 0 saturated heterocycles. The van der Waals surface area contributed by atoms with E-state index in [1.807, 2.05) is 6.07 Å². The van der Waals surface area contributed by atoms with E-state index in [0.29, 0.717) is 12.1 Å². The van der Waals surface area contributed by atoms with E-state index in [1.165, 1.54) is 31.7 Å². The molecule has 19 heavy (non-hydrogen) atoms. The second-order valence-corrected chi connectivity index (χ2v) is 5.86.